The molecule has 1 nitrogen and oxygen atoms in total. The molecule has 2 heteroatoms. The molecule has 0 aliphatic heterocycles. The average Bonchev–Trinajstić information content (AvgIpc) is 2.82. The van der Waals surface area contributed by atoms with Crippen LogP contribution in [0.15, 0.2) is 60.7 Å². The van der Waals surface area contributed by atoms with Gasteiger partial charge < -0.3 is 4.57 Å². The summed E-state index contributed by atoms with van der Waals surface area (Å²) in [5.41, 5.74) is 3.63. The quantitative estimate of drug-likeness (QED) is 0.526. The molecular weight excluding hydrogens is 393 g/mol. The predicted molar refractivity (Wildman–Crippen MR) is 108 cm³/mol. The fourth-order valence-corrected chi connectivity index (χ4v) is 3.81. The van der Waals surface area contributed by atoms with Crippen molar-refractivity contribution >= 4 is 52.2 Å². The Kier molecular flexibility index (Phi) is 3.69. The van der Waals surface area contributed by atoms with Gasteiger partial charge in [-0.1, -0.05) is 49.1 Å². The predicted octanol–water partition coefficient (Wildman–Crippen LogP) is 4.40. The summed E-state index contributed by atoms with van der Waals surface area (Å²) in [6.07, 6.45) is 11.8. The minimum atomic E-state index is 0.946. The van der Waals surface area contributed by atoms with Crippen LogP contribution in [0.25, 0.3) is 35.3 Å². The summed E-state index contributed by atoms with van der Waals surface area (Å²) in [5, 5.41) is 3.49. The van der Waals surface area contributed by atoms with Crippen molar-refractivity contribution in [3.8, 4) is 5.69 Å². The monoisotopic (exact) mass is 409 g/mol. The summed E-state index contributed by atoms with van der Waals surface area (Å²) in [7, 11) is 0. The van der Waals surface area contributed by atoms with Gasteiger partial charge in [0.05, 0.1) is 10.9 Å². The Morgan fingerprint density at radius 3 is 2.70 bits per heavy atom. The van der Waals surface area contributed by atoms with Gasteiger partial charge in [-0.15, -0.1) is 0 Å². The Balaban J connectivity index is 2.26. The largest absolute Gasteiger partial charge is 0.309 e. The van der Waals surface area contributed by atoms with Crippen LogP contribution in [0, 0.1) is 3.57 Å². The maximum absolute atomic E-state index is 4.39. The van der Waals surface area contributed by atoms with Crippen molar-refractivity contribution in [3.05, 3.63) is 80.4 Å². The van der Waals surface area contributed by atoms with Gasteiger partial charge in [-0.2, -0.15) is 0 Å². The van der Waals surface area contributed by atoms with Crippen molar-refractivity contribution in [2.45, 2.75) is 6.42 Å². The molecule has 0 saturated heterocycles. The second kappa shape index (κ2) is 5.85. The minimum Gasteiger partial charge on any atom is -0.309 e. The van der Waals surface area contributed by atoms with E-state index < -0.39 is 0 Å². The number of rotatable bonds is 1. The van der Waals surface area contributed by atoms with E-state index in [1.807, 2.05) is 0 Å². The van der Waals surface area contributed by atoms with Crippen molar-refractivity contribution in [2.24, 2.45) is 0 Å². The molecular formula is C21H16IN. The zero-order valence-electron chi connectivity index (χ0n) is 12.7. The van der Waals surface area contributed by atoms with Gasteiger partial charge in [0, 0.05) is 19.9 Å². The Morgan fingerprint density at radius 1 is 1.04 bits per heavy atom. The standard InChI is InChI=1S/C21H16IN/c1-15-19-12-8-3-2-5-9-16-13-17(22)14-20(21(15)16)23(19)18-10-6-4-7-11-18/h3-14H,1-2H2/b8-3-,9-5-,19-12-. The SMILES string of the molecule is C=c1/c2n(-c3ccccc3)c3cc(I)cc(c13)/C=C\C/C=C\C=2. The molecule has 1 aliphatic carbocycles. The molecule has 0 unspecified atom stereocenters. The lowest BCUT2D eigenvalue weighted by Gasteiger charge is -2.07. The highest BCUT2D eigenvalue weighted by molar-refractivity contribution is 14.1. The van der Waals surface area contributed by atoms with Crippen LogP contribution < -0.4 is 10.6 Å². The average molecular weight is 409 g/mol. The van der Waals surface area contributed by atoms with Gasteiger partial charge in [-0.05, 0) is 64.9 Å². The van der Waals surface area contributed by atoms with Gasteiger partial charge in [-0.3, -0.25) is 0 Å². The van der Waals surface area contributed by atoms with Crippen molar-refractivity contribution in [1.29, 1.82) is 0 Å². The number of para-hydroxylation sites is 1. The van der Waals surface area contributed by atoms with Crippen LogP contribution in [-0.4, -0.2) is 4.57 Å². The summed E-state index contributed by atoms with van der Waals surface area (Å²) >= 11 is 2.40. The molecule has 2 bridgehead atoms. The summed E-state index contributed by atoms with van der Waals surface area (Å²) in [4.78, 5) is 0. The van der Waals surface area contributed by atoms with Crippen LogP contribution in [-0.2, 0) is 0 Å². The number of benzene rings is 2. The zero-order valence-corrected chi connectivity index (χ0v) is 14.8. The van der Waals surface area contributed by atoms with Gasteiger partial charge in [0.1, 0.15) is 0 Å². The Bertz CT molecular complexity index is 1050. The van der Waals surface area contributed by atoms with Crippen LogP contribution >= 0.6 is 22.6 Å². The van der Waals surface area contributed by atoms with Crippen LogP contribution in [0.1, 0.15) is 12.0 Å². The molecule has 1 aromatic heterocycles. The summed E-state index contributed by atoms with van der Waals surface area (Å²) in [5.74, 6) is 0. The molecule has 23 heavy (non-hydrogen) atoms. The van der Waals surface area contributed by atoms with Crippen LogP contribution in [0.4, 0.5) is 0 Å². The number of aromatic nitrogens is 1. The van der Waals surface area contributed by atoms with Gasteiger partial charge in [0.2, 0.25) is 0 Å². The molecule has 112 valence electrons. The number of halogens is 1. The van der Waals surface area contributed by atoms with E-state index in [2.05, 4.69) is 107 Å². The third-order valence-electron chi connectivity index (χ3n) is 4.18. The van der Waals surface area contributed by atoms with E-state index in [4.69, 9.17) is 0 Å². The molecule has 4 rings (SSSR count). The van der Waals surface area contributed by atoms with Crippen molar-refractivity contribution in [3.63, 3.8) is 0 Å². The zero-order chi connectivity index (χ0) is 15.8. The van der Waals surface area contributed by atoms with Gasteiger partial charge in [-0.25, -0.2) is 0 Å². The highest BCUT2D eigenvalue weighted by Crippen LogP contribution is 2.23. The number of fused-ring (bicyclic) bond motifs is 1. The van der Waals surface area contributed by atoms with E-state index in [0.29, 0.717) is 0 Å². The lowest BCUT2D eigenvalue weighted by molar-refractivity contribution is 1.07. The maximum atomic E-state index is 4.39. The van der Waals surface area contributed by atoms with Gasteiger partial charge >= 0.3 is 0 Å². The first-order valence-electron chi connectivity index (χ1n) is 7.67. The third-order valence-corrected chi connectivity index (χ3v) is 4.80. The molecule has 0 N–H and O–H groups in total. The molecule has 1 aliphatic rings. The molecule has 0 spiro atoms. The maximum Gasteiger partial charge on any atom is 0.0557 e. The smallest absolute Gasteiger partial charge is 0.0557 e. The lowest BCUT2D eigenvalue weighted by Crippen LogP contribution is -2.27. The first kappa shape index (κ1) is 14.5. The fourth-order valence-electron chi connectivity index (χ4n) is 3.18. The summed E-state index contributed by atoms with van der Waals surface area (Å²) in [6, 6.07) is 15.0. The second-order valence-electron chi connectivity index (χ2n) is 5.66. The molecule has 1 heterocycles. The van der Waals surface area contributed by atoms with Crippen molar-refractivity contribution in [2.75, 3.05) is 0 Å². The van der Waals surface area contributed by atoms with Gasteiger partial charge in [0.25, 0.3) is 0 Å². The third kappa shape index (κ3) is 2.47. The Labute approximate surface area is 149 Å². The molecule has 0 radical (unpaired) electrons. The lowest BCUT2D eigenvalue weighted by atomic mass is 10.1. The highest BCUT2D eigenvalue weighted by atomic mass is 127. The van der Waals surface area contributed by atoms with E-state index in [1.54, 1.807) is 0 Å². The van der Waals surface area contributed by atoms with E-state index in [1.165, 1.54) is 25.7 Å². The fraction of sp³-hybridized carbons (Fsp3) is 0.0476. The van der Waals surface area contributed by atoms with Crippen molar-refractivity contribution < 1.29 is 0 Å². The van der Waals surface area contributed by atoms with E-state index in [0.717, 1.165) is 17.0 Å². The number of hydrogen-bond acceptors (Lipinski definition) is 0. The second-order valence-corrected chi connectivity index (χ2v) is 6.90. The van der Waals surface area contributed by atoms with E-state index in [9.17, 15) is 0 Å². The molecule has 0 saturated carbocycles. The van der Waals surface area contributed by atoms with Crippen LogP contribution in [0.5, 0.6) is 0 Å². The normalized spacial score (nSPS) is 17.7. The Morgan fingerprint density at radius 2 is 1.87 bits per heavy atom. The number of nitrogens with zero attached hydrogens (tertiary/aromatic N) is 1. The first-order valence-corrected chi connectivity index (χ1v) is 8.75. The first-order chi connectivity index (χ1) is 11.3. The molecule has 0 fully saturated rings. The summed E-state index contributed by atoms with van der Waals surface area (Å²) < 4.78 is 3.55. The van der Waals surface area contributed by atoms with Gasteiger partial charge in [0.15, 0.2) is 0 Å². The summed E-state index contributed by atoms with van der Waals surface area (Å²) in [6.45, 7) is 4.39. The van der Waals surface area contributed by atoms with Crippen LogP contribution in [0.3, 0.4) is 0 Å². The van der Waals surface area contributed by atoms with Crippen molar-refractivity contribution in [1.82, 2.24) is 4.57 Å². The van der Waals surface area contributed by atoms with E-state index in [-0.39, 0.29) is 0 Å². The van der Waals surface area contributed by atoms with Crippen LogP contribution in [0.2, 0.25) is 0 Å². The Hall–Kier alpha value is -2.07. The molecule has 3 aromatic rings. The molecule has 2 aromatic carbocycles. The minimum absolute atomic E-state index is 0.946. The van der Waals surface area contributed by atoms with E-state index >= 15 is 0 Å². The molecule has 0 amide bonds. The highest BCUT2D eigenvalue weighted by Gasteiger charge is 2.12. The topological polar surface area (TPSA) is 4.93 Å². The number of hydrogen-bond donors (Lipinski definition) is 0. The number of allylic oxidation sites excluding steroid dienone is 3. The molecule has 0 atom stereocenters.